The van der Waals surface area contributed by atoms with Crippen LogP contribution in [-0.4, -0.2) is 28.5 Å². The van der Waals surface area contributed by atoms with Crippen LogP contribution in [-0.2, 0) is 4.79 Å². The fraction of sp³-hybridized carbons (Fsp3) is 0.267. The molecule has 1 heterocycles. The summed E-state index contributed by atoms with van der Waals surface area (Å²) in [5.41, 5.74) is 4.75. The van der Waals surface area contributed by atoms with Crippen molar-refractivity contribution in [3.05, 3.63) is 36.0 Å². The summed E-state index contributed by atoms with van der Waals surface area (Å²) in [6.45, 7) is 3.78. The van der Waals surface area contributed by atoms with Crippen LogP contribution in [0.2, 0.25) is 0 Å². The molecule has 2 aromatic rings. The lowest BCUT2D eigenvalue weighted by atomic mass is 9.92. The van der Waals surface area contributed by atoms with E-state index in [1.54, 1.807) is 38.1 Å². The predicted octanol–water partition coefficient (Wildman–Crippen LogP) is 1.86. The Morgan fingerprint density at radius 1 is 1.29 bits per heavy atom. The Morgan fingerprint density at radius 3 is 2.48 bits per heavy atom. The van der Waals surface area contributed by atoms with E-state index < -0.39 is 17.3 Å². The van der Waals surface area contributed by atoms with Gasteiger partial charge in [0.1, 0.15) is 5.82 Å². The molecular formula is C15H17N3O3. The van der Waals surface area contributed by atoms with Gasteiger partial charge in [0.05, 0.1) is 11.0 Å². The molecule has 110 valence electrons. The van der Waals surface area contributed by atoms with E-state index in [-0.39, 0.29) is 5.56 Å². The van der Waals surface area contributed by atoms with Gasteiger partial charge in [-0.05, 0) is 13.8 Å². The average Bonchev–Trinajstić information content (AvgIpc) is 2.44. The highest BCUT2D eigenvalue weighted by Crippen LogP contribution is 2.25. The van der Waals surface area contributed by atoms with E-state index >= 15 is 0 Å². The Labute approximate surface area is 122 Å². The van der Waals surface area contributed by atoms with Gasteiger partial charge in [0, 0.05) is 23.5 Å². The average molecular weight is 287 g/mol. The van der Waals surface area contributed by atoms with Gasteiger partial charge >= 0.3 is 5.97 Å². The number of pyridine rings is 1. The van der Waals surface area contributed by atoms with Crippen molar-refractivity contribution in [2.24, 2.45) is 11.1 Å². The van der Waals surface area contributed by atoms with Crippen LogP contribution in [0.4, 0.5) is 5.82 Å². The molecule has 1 aromatic carbocycles. The molecule has 0 unspecified atom stereocenters. The molecule has 0 spiro atoms. The lowest BCUT2D eigenvalue weighted by Gasteiger charge is -2.21. The molecule has 6 nitrogen and oxygen atoms in total. The quantitative estimate of drug-likeness (QED) is 0.778. The Balaban J connectivity index is 2.40. The fourth-order valence-corrected chi connectivity index (χ4v) is 1.90. The Kier molecular flexibility index (Phi) is 3.80. The zero-order valence-electron chi connectivity index (χ0n) is 11.9. The number of amides is 1. The minimum Gasteiger partial charge on any atom is -0.478 e. The van der Waals surface area contributed by atoms with E-state index in [1.165, 1.54) is 6.20 Å². The fourth-order valence-electron chi connectivity index (χ4n) is 1.90. The molecule has 1 aromatic heterocycles. The second kappa shape index (κ2) is 5.40. The zero-order valence-corrected chi connectivity index (χ0v) is 11.9. The normalized spacial score (nSPS) is 11.3. The van der Waals surface area contributed by atoms with Gasteiger partial charge in [0.15, 0.2) is 0 Å². The van der Waals surface area contributed by atoms with Gasteiger partial charge in [0.2, 0.25) is 5.91 Å². The second-order valence-electron chi connectivity index (χ2n) is 5.47. The number of fused-ring (bicyclic) bond motifs is 1. The summed E-state index contributed by atoms with van der Waals surface area (Å²) >= 11 is 0. The van der Waals surface area contributed by atoms with Crippen molar-refractivity contribution in [2.75, 3.05) is 11.9 Å². The molecule has 0 aliphatic rings. The van der Waals surface area contributed by atoms with E-state index in [1.807, 2.05) is 0 Å². The molecule has 0 saturated heterocycles. The van der Waals surface area contributed by atoms with Crippen molar-refractivity contribution < 1.29 is 14.7 Å². The maximum Gasteiger partial charge on any atom is 0.337 e. The number of nitrogens with one attached hydrogen (secondary N) is 1. The van der Waals surface area contributed by atoms with E-state index in [9.17, 15) is 14.7 Å². The van der Waals surface area contributed by atoms with E-state index in [0.29, 0.717) is 23.1 Å². The Hall–Kier alpha value is -2.63. The van der Waals surface area contributed by atoms with E-state index in [2.05, 4.69) is 10.3 Å². The first-order valence-corrected chi connectivity index (χ1v) is 6.48. The number of anilines is 1. The van der Waals surface area contributed by atoms with Gasteiger partial charge in [-0.15, -0.1) is 0 Å². The van der Waals surface area contributed by atoms with Crippen LogP contribution in [0.1, 0.15) is 24.2 Å². The third-order valence-corrected chi connectivity index (χ3v) is 3.39. The molecule has 0 saturated carbocycles. The first-order valence-electron chi connectivity index (χ1n) is 6.48. The topological polar surface area (TPSA) is 105 Å². The highest BCUT2D eigenvalue weighted by atomic mass is 16.4. The standard InChI is InChI=1S/C15H17N3O3/c1-15(2,14(16)21)8-18-12-10-6-4-3-5-9(10)11(7-17-12)13(19)20/h3-7H,8H2,1-2H3,(H2,16,21)(H,17,18)(H,19,20). The lowest BCUT2D eigenvalue weighted by molar-refractivity contribution is -0.125. The van der Waals surface area contributed by atoms with Crippen molar-refractivity contribution in [3.63, 3.8) is 0 Å². The van der Waals surface area contributed by atoms with Gasteiger partial charge in [-0.25, -0.2) is 9.78 Å². The molecular weight excluding hydrogens is 270 g/mol. The van der Waals surface area contributed by atoms with Gasteiger partial charge in [0.25, 0.3) is 0 Å². The molecule has 21 heavy (non-hydrogen) atoms. The van der Waals surface area contributed by atoms with Crippen molar-refractivity contribution in [2.45, 2.75) is 13.8 Å². The number of benzene rings is 1. The monoisotopic (exact) mass is 287 g/mol. The predicted molar refractivity (Wildman–Crippen MR) is 80.2 cm³/mol. The van der Waals surface area contributed by atoms with E-state index in [4.69, 9.17) is 5.73 Å². The summed E-state index contributed by atoms with van der Waals surface area (Å²) in [4.78, 5) is 26.7. The SMILES string of the molecule is CC(C)(CNc1ncc(C(=O)O)c2ccccc12)C(N)=O. The molecule has 0 aliphatic carbocycles. The van der Waals surface area contributed by atoms with Gasteiger partial charge in [-0.1, -0.05) is 24.3 Å². The third-order valence-electron chi connectivity index (χ3n) is 3.39. The molecule has 0 bridgehead atoms. The first kappa shape index (κ1) is 14.8. The van der Waals surface area contributed by atoms with Crippen LogP contribution < -0.4 is 11.1 Å². The van der Waals surface area contributed by atoms with Crippen molar-refractivity contribution in [3.8, 4) is 0 Å². The molecule has 1 amide bonds. The number of aromatic carboxylic acids is 1. The molecule has 4 N–H and O–H groups in total. The zero-order chi connectivity index (χ0) is 15.6. The summed E-state index contributed by atoms with van der Waals surface area (Å²) < 4.78 is 0. The first-order chi connectivity index (χ1) is 9.83. The number of hydrogen-bond acceptors (Lipinski definition) is 4. The molecule has 0 aliphatic heterocycles. The van der Waals surface area contributed by atoms with Crippen molar-refractivity contribution in [1.29, 1.82) is 0 Å². The number of carboxylic acids is 1. The summed E-state index contributed by atoms with van der Waals surface area (Å²) in [5.74, 6) is -0.908. The maximum atomic E-state index is 11.3. The Bertz CT molecular complexity index is 710. The minimum atomic E-state index is -1.03. The number of hydrogen-bond donors (Lipinski definition) is 3. The summed E-state index contributed by atoms with van der Waals surface area (Å²) in [6, 6.07) is 7.09. The molecule has 2 rings (SSSR count). The largest absolute Gasteiger partial charge is 0.478 e. The minimum absolute atomic E-state index is 0.144. The van der Waals surface area contributed by atoms with Gasteiger partial charge in [-0.2, -0.15) is 0 Å². The van der Waals surface area contributed by atoms with Crippen LogP contribution in [0.25, 0.3) is 10.8 Å². The van der Waals surface area contributed by atoms with Crippen LogP contribution >= 0.6 is 0 Å². The second-order valence-corrected chi connectivity index (χ2v) is 5.47. The number of rotatable bonds is 5. The van der Waals surface area contributed by atoms with Crippen molar-refractivity contribution >= 4 is 28.5 Å². The summed E-state index contributed by atoms with van der Waals surface area (Å²) in [6.07, 6.45) is 1.31. The highest BCUT2D eigenvalue weighted by Gasteiger charge is 2.25. The lowest BCUT2D eigenvalue weighted by Crippen LogP contribution is -2.37. The number of aromatic nitrogens is 1. The Morgan fingerprint density at radius 2 is 1.90 bits per heavy atom. The van der Waals surface area contributed by atoms with Gasteiger partial charge < -0.3 is 16.2 Å². The van der Waals surface area contributed by atoms with Crippen molar-refractivity contribution in [1.82, 2.24) is 4.98 Å². The molecule has 6 heteroatoms. The van der Waals surface area contributed by atoms with Crippen LogP contribution in [0, 0.1) is 5.41 Å². The molecule has 0 fully saturated rings. The number of primary amides is 1. The maximum absolute atomic E-state index is 11.3. The number of nitrogens with zero attached hydrogens (tertiary/aromatic N) is 1. The smallest absolute Gasteiger partial charge is 0.337 e. The van der Waals surface area contributed by atoms with Crippen LogP contribution in [0.5, 0.6) is 0 Å². The van der Waals surface area contributed by atoms with Gasteiger partial charge in [-0.3, -0.25) is 4.79 Å². The summed E-state index contributed by atoms with van der Waals surface area (Å²) in [7, 11) is 0. The number of carboxylic acid groups (broad SMARTS) is 1. The third kappa shape index (κ3) is 2.94. The number of carbonyl (C=O) groups is 2. The van der Waals surface area contributed by atoms with Crippen LogP contribution in [0.3, 0.4) is 0 Å². The molecule has 0 radical (unpaired) electrons. The van der Waals surface area contributed by atoms with Crippen LogP contribution in [0.15, 0.2) is 30.5 Å². The number of carbonyl (C=O) groups excluding carboxylic acids is 1. The summed E-state index contributed by atoms with van der Waals surface area (Å²) in [5, 5.41) is 13.5. The highest BCUT2D eigenvalue weighted by molar-refractivity contribution is 6.06. The molecule has 0 atom stereocenters. The van der Waals surface area contributed by atoms with E-state index in [0.717, 1.165) is 0 Å². The number of nitrogens with two attached hydrogens (primary N) is 1.